The highest BCUT2D eigenvalue weighted by atomic mass is 127. The number of hydrogen-bond donors (Lipinski definition) is 1. The molecule has 0 radical (unpaired) electrons. The van der Waals surface area contributed by atoms with Gasteiger partial charge in [-0.25, -0.2) is 0 Å². The Balaban J connectivity index is 2.55. The molecule has 0 aliphatic heterocycles. The first-order chi connectivity index (χ1) is 8.11. The topological polar surface area (TPSA) is 68.2 Å². The first-order valence-electron chi connectivity index (χ1n) is 4.78. The van der Waals surface area contributed by atoms with Gasteiger partial charge in [0.2, 0.25) is 6.20 Å². The number of nitrogens with zero attached hydrogens (tertiary/aromatic N) is 1. The quantitative estimate of drug-likeness (QED) is 0.529. The van der Waals surface area contributed by atoms with Gasteiger partial charge >= 0.3 is 0 Å². The maximum atomic E-state index is 10.3. The van der Waals surface area contributed by atoms with Crippen molar-refractivity contribution in [3.05, 3.63) is 43.8 Å². The molecule has 0 atom stereocenters. The van der Waals surface area contributed by atoms with Crippen LogP contribution in [-0.2, 0) is 0 Å². The van der Waals surface area contributed by atoms with E-state index in [0.717, 1.165) is 32.0 Å². The number of halogens is 1. The summed E-state index contributed by atoms with van der Waals surface area (Å²) >= 11 is 2.18. The van der Waals surface area contributed by atoms with Crippen molar-refractivity contribution in [2.45, 2.75) is 0 Å². The van der Waals surface area contributed by atoms with Gasteiger partial charge in [0.05, 0.1) is 15.6 Å². The monoisotopic (exact) mass is 344 g/mol. The zero-order chi connectivity index (χ0) is 12.4. The van der Waals surface area contributed by atoms with Crippen molar-refractivity contribution in [2.75, 3.05) is 7.11 Å². The summed E-state index contributed by atoms with van der Waals surface area (Å²) in [5.74, 6) is 0.758. The Kier molecular flexibility index (Phi) is 3.32. The lowest BCUT2D eigenvalue weighted by Crippen LogP contribution is -1.86. The lowest BCUT2D eigenvalue weighted by Gasteiger charge is -2.03. The largest absolute Gasteiger partial charge is 0.496 e. The van der Waals surface area contributed by atoms with Crippen molar-refractivity contribution in [2.24, 2.45) is 0 Å². The summed E-state index contributed by atoms with van der Waals surface area (Å²) in [4.78, 5) is 12.9. The molecule has 0 aliphatic carbocycles. The van der Waals surface area contributed by atoms with Gasteiger partial charge in [-0.1, -0.05) is 0 Å². The number of ether oxygens (including phenoxy) is 1. The summed E-state index contributed by atoms with van der Waals surface area (Å²) in [6.07, 6.45) is 4.12. The molecule has 0 saturated heterocycles. The molecule has 2 rings (SSSR count). The predicted molar refractivity (Wildman–Crippen MR) is 73.6 cm³/mol. The Bertz CT molecular complexity index is 604. The predicted octanol–water partition coefficient (Wildman–Crippen LogP) is 3.03. The molecule has 0 fully saturated rings. The van der Waals surface area contributed by atoms with Crippen LogP contribution in [0.1, 0.15) is 5.56 Å². The highest BCUT2D eigenvalue weighted by Gasteiger charge is 2.07. The van der Waals surface area contributed by atoms with Crippen LogP contribution < -0.4 is 4.74 Å². The summed E-state index contributed by atoms with van der Waals surface area (Å²) < 4.78 is 6.21. The van der Waals surface area contributed by atoms with Crippen molar-refractivity contribution in [1.82, 2.24) is 4.98 Å². The van der Waals surface area contributed by atoms with Crippen LogP contribution in [0.5, 0.6) is 5.75 Å². The lowest BCUT2D eigenvalue weighted by atomic mass is 10.1. The molecule has 0 aliphatic rings. The Labute approximate surface area is 111 Å². The van der Waals surface area contributed by atoms with E-state index in [4.69, 9.17) is 4.74 Å². The van der Waals surface area contributed by atoms with E-state index in [1.165, 1.54) is 6.08 Å². The van der Waals surface area contributed by atoms with Crippen molar-refractivity contribution < 1.29 is 9.66 Å². The number of hydrogen-bond acceptors (Lipinski definition) is 3. The first kappa shape index (κ1) is 11.9. The van der Waals surface area contributed by atoms with E-state index in [9.17, 15) is 10.1 Å². The Morgan fingerprint density at radius 3 is 2.94 bits per heavy atom. The number of methoxy groups -OCH3 is 1. The number of fused-ring (bicyclic) bond motifs is 1. The van der Waals surface area contributed by atoms with E-state index in [-0.39, 0.29) is 0 Å². The number of rotatable bonds is 3. The maximum absolute atomic E-state index is 10.3. The molecule has 1 heterocycles. The second-order valence-corrected chi connectivity index (χ2v) is 4.54. The van der Waals surface area contributed by atoms with E-state index < -0.39 is 4.92 Å². The second-order valence-electron chi connectivity index (χ2n) is 3.38. The number of nitrogens with one attached hydrogen (secondary N) is 1. The molecule has 17 heavy (non-hydrogen) atoms. The van der Waals surface area contributed by atoms with Crippen LogP contribution in [0.3, 0.4) is 0 Å². The number of aromatic nitrogens is 1. The van der Waals surface area contributed by atoms with Gasteiger partial charge in [-0.2, -0.15) is 0 Å². The third-order valence-corrected chi connectivity index (χ3v) is 3.20. The van der Waals surface area contributed by atoms with Gasteiger partial charge in [0.25, 0.3) is 0 Å². The molecule has 0 saturated carbocycles. The highest BCUT2D eigenvalue weighted by molar-refractivity contribution is 14.1. The number of nitro groups is 1. The van der Waals surface area contributed by atoms with E-state index in [1.54, 1.807) is 13.3 Å². The summed E-state index contributed by atoms with van der Waals surface area (Å²) in [7, 11) is 1.60. The molecule has 0 spiro atoms. The molecule has 5 nitrogen and oxygen atoms in total. The highest BCUT2D eigenvalue weighted by Crippen LogP contribution is 2.29. The fourth-order valence-electron chi connectivity index (χ4n) is 1.58. The summed E-state index contributed by atoms with van der Waals surface area (Å²) in [6.45, 7) is 0. The van der Waals surface area contributed by atoms with Crippen LogP contribution in [0.2, 0.25) is 0 Å². The molecule has 1 aromatic heterocycles. The average Bonchev–Trinajstić information content (AvgIpc) is 2.67. The summed E-state index contributed by atoms with van der Waals surface area (Å²) in [6, 6.07) is 3.81. The molecule has 2 aromatic rings. The zero-order valence-corrected chi connectivity index (χ0v) is 11.1. The minimum absolute atomic E-state index is 0.483. The van der Waals surface area contributed by atoms with Gasteiger partial charge in [-0.05, 0) is 34.7 Å². The van der Waals surface area contributed by atoms with Gasteiger partial charge in [0.1, 0.15) is 5.75 Å². The van der Waals surface area contributed by atoms with Crippen molar-refractivity contribution in [3.63, 3.8) is 0 Å². The van der Waals surface area contributed by atoms with Crippen LogP contribution in [0.15, 0.2) is 24.5 Å². The third kappa shape index (κ3) is 2.41. The van der Waals surface area contributed by atoms with Gasteiger partial charge in [-0.3, -0.25) is 10.1 Å². The average molecular weight is 344 g/mol. The molecule has 6 heteroatoms. The van der Waals surface area contributed by atoms with E-state index in [2.05, 4.69) is 27.6 Å². The zero-order valence-electron chi connectivity index (χ0n) is 8.94. The molecule has 0 unspecified atom stereocenters. The molecular weight excluding hydrogens is 335 g/mol. The van der Waals surface area contributed by atoms with Gasteiger partial charge in [0.15, 0.2) is 0 Å². The Morgan fingerprint density at radius 1 is 1.53 bits per heavy atom. The van der Waals surface area contributed by atoms with E-state index in [1.807, 2.05) is 12.1 Å². The number of benzene rings is 1. The van der Waals surface area contributed by atoms with Gasteiger partial charge in [0, 0.05) is 28.7 Å². The first-order valence-corrected chi connectivity index (χ1v) is 5.86. The minimum Gasteiger partial charge on any atom is -0.496 e. The van der Waals surface area contributed by atoms with Crippen molar-refractivity contribution in [1.29, 1.82) is 0 Å². The molecule has 0 amide bonds. The van der Waals surface area contributed by atoms with Crippen LogP contribution in [0.4, 0.5) is 0 Å². The van der Waals surface area contributed by atoms with Crippen LogP contribution in [-0.4, -0.2) is 17.0 Å². The smallest absolute Gasteiger partial charge is 0.235 e. The fraction of sp³-hybridized carbons (Fsp3) is 0.0909. The minimum atomic E-state index is -0.483. The number of aromatic amines is 1. The van der Waals surface area contributed by atoms with E-state index >= 15 is 0 Å². The van der Waals surface area contributed by atoms with Crippen LogP contribution >= 0.6 is 22.6 Å². The Morgan fingerprint density at radius 2 is 2.29 bits per heavy atom. The second kappa shape index (κ2) is 4.74. The maximum Gasteiger partial charge on any atom is 0.235 e. The molecule has 1 N–H and O–H groups in total. The molecule has 88 valence electrons. The SMILES string of the molecule is COc1cc2c(/C=C/[N+](=O)[O-])c[nH]c2cc1I. The molecule has 1 aromatic carbocycles. The third-order valence-electron chi connectivity index (χ3n) is 2.36. The van der Waals surface area contributed by atoms with Crippen molar-refractivity contribution in [3.8, 4) is 5.75 Å². The van der Waals surface area contributed by atoms with E-state index in [0.29, 0.717) is 0 Å². The summed E-state index contributed by atoms with van der Waals surface area (Å²) in [5.41, 5.74) is 1.70. The summed E-state index contributed by atoms with van der Waals surface area (Å²) in [5, 5.41) is 11.2. The molecular formula is C11H9IN2O3. The Hall–Kier alpha value is -1.57. The molecule has 0 bridgehead atoms. The van der Waals surface area contributed by atoms with Crippen molar-refractivity contribution >= 4 is 39.6 Å². The fourth-order valence-corrected chi connectivity index (χ4v) is 2.27. The van der Waals surface area contributed by atoms with Crippen LogP contribution in [0, 0.1) is 13.7 Å². The lowest BCUT2D eigenvalue weighted by molar-refractivity contribution is -0.400. The van der Waals surface area contributed by atoms with Gasteiger partial charge < -0.3 is 9.72 Å². The normalized spacial score (nSPS) is 11.2. The standard InChI is InChI=1S/C11H9IN2O3/c1-17-11-4-8-7(2-3-14(15)16)6-13-10(8)5-9(11)12/h2-6,13H,1H3/b3-2+. The number of H-pyrrole nitrogens is 1. The van der Waals surface area contributed by atoms with Gasteiger partial charge in [-0.15, -0.1) is 0 Å². The van der Waals surface area contributed by atoms with Crippen LogP contribution in [0.25, 0.3) is 17.0 Å².